The van der Waals surface area contributed by atoms with Gasteiger partial charge in [-0.2, -0.15) is 0 Å². The second-order valence-electron chi connectivity index (χ2n) is 5.08. The molecule has 2 N–H and O–H groups in total. The van der Waals surface area contributed by atoms with E-state index in [1.165, 1.54) is 11.1 Å². The van der Waals surface area contributed by atoms with Crippen molar-refractivity contribution in [2.45, 2.75) is 33.1 Å². The Morgan fingerprint density at radius 2 is 2.15 bits per heavy atom. The summed E-state index contributed by atoms with van der Waals surface area (Å²) in [4.78, 5) is 19.0. The number of aromatic amines is 1. The quantitative estimate of drug-likeness (QED) is 0.792. The number of aromatic nitrogens is 2. The second kappa shape index (κ2) is 6.89. The van der Waals surface area contributed by atoms with E-state index in [1.807, 2.05) is 12.3 Å². The molecule has 0 atom stereocenters. The van der Waals surface area contributed by atoms with Crippen molar-refractivity contribution >= 4 is 5.91 Å². The molecule has 0 fully saturated rings. The van der Waals surface area contributed by atoms with Crippen LogP contribution in [0.1, 0.15) is 28.9 Å². The third kappa shape index (κ3) is 4.23. The van der Waals surface area contributed by atoms with Crippen molar-refractivity contribution in [1.82, 2.24) is 15.3 Å². The third-order valence-corrected chi connectivity index (χ3v) is 3.40. The van der Waals surface area contributed by atoms with Crippen molar-refractivity contribution in [3.63, 3.8) is 0 Å². The van der Waals surface area contributed by atoms with Gasteiger partial charge in [-0.1, -0.05) is 18.2 Å². The molecular weight excluding hydrogens is 250 g/mol. The lowest BCUT2D eigenvalue weighted by Crippen LogP contribution is -2.26. The van der Waals surface area contributed by atoms with Gasteiger partial charge in [-0.25, -0.2) is 4.98 Å². The molecule has 0 spiro atoms. The highest BCUT2D eigenvalue weighted by Crippen LogP contribution is 2.10. The molecule has 0 aliphatic carbocycles. The number of nitrogens with zero attached hydrogens (tertiary/aromatic N) is 1. The molecule has 0 radical (unpaired) electrons. The maximum Gasteiger partial charge on any atom is 0.224 e. The molecule has 1 amide bonds. The number of nitrogens with one attached hydrogen (secondary N) is 2. The Kier molecular flexibility index (Phi) is 4.93. The predicted molar refractivity (Wildman–Crippen MR) is 79.5 cm³/mol. The van der Waals surface area contributed by atoms with Crippen molar-refractivity contribution in [3.05, 3.63) is 53.1 Å². The highest BCUT2D eigenvalue weighted by atomic mass is 16.1. The van der Waals surface area contributed by atoms with Gasteiger partial charge in [0.1, 0.15) is 5.82 Å². The lowest BCUT2D eigenvalue weighted by molar-refractivity contribution is -0.120. The van der Waals surface area contributed by atoms with Crippen molar-refractivity contribution < 1.29 is 4.79 Å². The summed E-state index contributed by atoms with van der Waals surface area (Å²) >= 11 is 0. The molecule has 4 nitrogen and oxygen atoms in total. The van der Waals surface area contributed by atoms with Gasteiger partial charge in [0.2, 0.25) is 5.91 Å². The predicted octanol–water partition coefficient (Wildman–Crippen LogP) is 2.32. The first-order valence-electron chi connectivity index (χ1n) is 6.96. The monoisotopic (exact) mass is 271 g/mol. The first-order valence-corrected chi connectivity index (χ1v) is 6.96. The van der Waals surface area contributed by atoms with Crippen LogP contribution < -0.4 is 5.32 Å². The second-order valence-corrected chi connectivity index (χ2v) is 5.08. The minimum absolute atomic E-state index is 0.0766. The Bertz CT molecular complexity index is 561. The molecule has 0 aliphatic heterocycles. The molecule has 4 heteroatoms. The summed E-state index contributed by atoms with van der Waals surface area (Å²) < 4.78 is 0. The van der Waals surface area contributed by atoms with Gasteiger partial charge >= 0.3 is 0 Å². The lowest BCUT2D eigenvalue weighted by atomic mass is 10.0. The van der Waals surface area contributed by atoms with E-state index in [9.17, 15) is 4.79 Å². The molecule has 0 bridgehead atoms. The number of rotatable bonds is 6. The van der Waals surface area contributed by atoms with Crippen LogP contribution in [-0.2, 0) is 17.6 Å². The standard InChI is InChI=1S/C16H21N3O/c1-12-5-6-14(10-13(12)2)11-16(20)19-7-3-4-15-17-8-9-18-15/h5-6,8-10H,3-4,7,11H2,1-2H3,(H,17,18)(H,19,20). The smallest absolute Gasteiger partial charge is 0.224 e. The maximum absolute atomic E-state index is 11.8. The van der Waals surface area contributed by atoms with Crippen LogP contribution in [0.3, 0.4) is 0 Å². The number of hydrogen-bond donors (Lipinski definition) is 2. The number of amides is 1. The fraction of sp³-hybridized carbons (Fsp3) is 0.375. The topological polar surface area (TPSA) is 57.8 Å². The van der Waals surface area contributed by atoms with Crippen molar-refractivity contribution in [3.8, 4) is 0 Å². The van der Waals surface area contributed by atoms with Crippen LogP contribution in [0.15, 0.2) is 30.6 Å². The minimum Gasteiger partial charge on any atom is -0.356 e. The summed E-state index contributed by atoms with van der Waals surface area (Å²) in [5.41, 5.74) is 3.55. The van der Waals surface area contributed by atoms with E-state index >= 15 is 0 Å². The molecule has 20 heavy (non-hydrogen) atoms. The zero-order chi connectivity index (χ0) is 14.4. The molecule has 1 heterocycles. The van der Waals surface area contributed by atoms with E-state index in [2.05, 4.69) is 41.3 Å². The summed E-state index contributed by atoms with van der Waals surface area (Å²) in [7, 11) is 0. The molecule has 2 aromatic rings. The Morgan fingerprint density at radius 3 is 2.85 bits per heavy atom. The van der Waals surface area contributed by atoms with Gasteiger partial charge in [0.25, 0.3) is 0 Å². The Balaban J connectivity index is 1.71. The molecule has 2 rings (SSSR count). The van der Waals surface area contributed by atoms with E-state index in [1.54, 1.807) is 6.20 Å². The zero-order valence-corrected chi connectivity index (χ0v) is 12.1. The van der Waals surface area contributed by atoms with Crippen LogP contribution in [0.4, 0.5) is 0 Å². The zero-order valence-electron chi connectivity index (χ0n) is 12.1. The summed E-state index contributed by atoms with van der Waals surface area (Å²) in [6, 6.07) is 6.16. The lowest BCUT2D eigenvalue weighted by Gasteiger charge is -2.07. The highest BCUT2D eigenvalue weighted by Gasteiger charge is 2.04. The van der Waals surface area contributed by atoms with Crippen LogP contribution in [0, 0.1) is 13.8 Å². The summed E-state index contributed by atoms with van der Waals surface area (Å²) in [6.45, 7) is 4.83. The van der Waals surface area contributed by atoms with E-state index in [0.717, 1.165) is 24.2 Å². The summed E-state index contributed by atoms with van der Waals surface area (Å²) in [5, 5.41) is 2.95. The first kappa shape index (κ1) is 14.3. The maximum atomic E-state index is 11.8. The van der Waals surface area contributed by atoms with Gasteiger partial charge in [0.05, 0.1) is 6.42 Å². The molecular formula is C16H21N3O. The average Bonchev–Trinajstić information content (AvgIpc) is 2.92. The number of carbonyl (C=O) groups is 1. The fourth-order valence-electron chi connectivity index (χ4n) is 2.08. The van der Waals surface area contributed by atoms with Gasteiger partial charge in [-0.3, -0.25) is 4.79 Å². The van der Waals surface area contributed by atoms with Gasteiger partial charge in [-0.15, -0.1) is 0 Å². The minimum atomic E-state index is 0.0766. The number of carbonyl (C=O) groups excluding carboxylic acids is 1. The molecule has 106 valence electrons. The third-order valence-electron chi connectivity index (χ3n) is 3.40. The van der Waals surface area contributed by atoms with E-state index < -0.39 is 0 Å². The Morgan fingerprint density at radius 1 is 1.30 bits per heavy atom. The SMILES string of the molecule is Cc1ccc(CC(=O)NCCCc2ncc[nH]2)cc1C. The summed E-state index contributed by atoms with van der Waals surface area (Å²) in [5.74, 6) is 1.04. The van der Waals surface area contributed by atoms with Crippen LogP contribution in [0.5, 0.6) is 0 Å². The normalized spacial score (nSPS) is 10.5. The van der Waals surface area contributed by atoms with Crippen molar-refractivity contribution in [2.75, 3.05) is 6.54 Å². The number of benzene rings is 1. The molecule has 1 aromatic carbocycles. The highest BCUT2D eigenvalue weighted by molar-refractivity contribution is 5.78. The van der Waals surface area contributed by atoms with Gasteiger partial charge < -0.3 is 10.3 Å². The molecule has 0 unspecified atom stereocenters. The molecule has 0 saturated carbocycles. The number of imidazole rings is 1. The van der Waals surface area contributed by atoms with Crippen LogP contribution in [0.25, 0.3) is 0 Å². The van der Waals surface area contributed by atoms with Gasteiger partial charge in [-0.05, 0) is 37.0 Å². The molecule has 0 aliphatic rings. The van der Waals surface area contributed by atoms with Crippen molar-refractivity contribution in [2.24, 2.45) is 0 Å². The van der Waals surface area contributed by atoms with E-state index in [0.29, 0.717) is 13.0 Å². The Labute approximate surface area is 119 Å². The fourth-order valence-corrected chi connectivity index (χ4v) is 2.08. The molecule has 1 aromatic heterocycles. The Hall–Kier alpha value is -2.10. The van der Waals surface area contributed by atoms with E-state index in [-0.39, 0.29) is 5.91 Å². The van der Waals surface area contributed by atoms with Crippen LogP contribution >= 0.6 is 0 Å². The van der Waals surface area contributed by atoms with Crippen LogP contribution in [0.2, 0.25) is 0 Å². The van der Waals surface area contributed by atoms with E-state index in [4.69, 9.17) is 0 Å². The number of hydrogen-bond acceptors (Lipinski definition) is 2. The number of H-pyrrole nitrogens is 1. The first-order chi connectivity index (χ1) is 9.65. The van der Waals surface area contributed by atoms with Gasteiger partial charge in [0, 0.05) is 25.4 Å². The largest absolute Gasteiger partial charge is 0.356 e. The average molecular weight is 271 g/mol. The summed E-state index contributed by atoms with van der Waals surface area (Å²) in [6.07, 6.45) is 5.76. The van der Waals surface area contributed by atoms with Gasteiger partial charge in [0.15, 0.2) is 0 Å². The number of aryl methyl sites for hydroxylation is 3. The molecule has 0 saturated heterocycles. The van der Waals surface area contributed by atoms with Crippen molar-refractivity contribution in [1.29, 1.82) is 0 Å². The van der Waals surface area contributed by atoms with Crippen LogP contribution in [-0.4, -0.2) is 22.4 Å².